The zero-order valence-corrected chi connectivity index (χ0v) is 14.1. The van der Waals surface area contributed by atoms with E-state index in [4.69, 9.17) is 11.6 Å². The smallest absolute Gasteiger partial charge is 0.281 e. The van der Waals surface area contributed by atoms with Crippen molar-refractivity contribution in [1.29, 1.82) is 0 Å². The van der Waals surface area contributed by atoms with E-state index in [1.807, 2.05) is 18.2 Å². The monoisotopic (exact) mass is 359 g/mol. The molecular weight excluding hydrogens is 350 g/mol. The number of nitrogens with zero attached hydrogens (tertiary/aromatic N) is 3. The highest BCUT2D eigenvalue weighted by atomic mass is 35.5. The molecule has 124 valence electrons. The maximum atomic E-state index is 13.0. The molecule has 0 unspecified atom stereocenters. The van der Waals surface area contributed by atoms with Gasteiger partial charge in [-0.25, -0.2) is 4.98 Å². The number of fused-ring (bicyclic) bond motifs is 2. The highest BCUT2D eigenvalue weighted by Gasteiger charge is 2.30. The second kappa shape index (κ2) is 5.34. The third-order valence-electron chi connectivity index (χ3n) is 4.56. The molecule has 5 rings (SSSR count). The average Bonchev–Trinajstić information content (AvgIpc) is 3.07. The van der Waals surface area contributed by atoms with Gasteiger partial charge in [-0.2, -0.15) is 9.78 Å². The van der Waals surface area contributed by atoms with Crippen LogP contribution >= 0.6 is 11.6 Å². The second-order valence-corrected chi connectivity index (χ2v) is 6.34. The Morgan fingerprint density at radius 3 is 2.50 bits per heavy atom. The van der Waals surface area contributed by atoms with E-state index in [2.05, 4.69) is 10.1 Å². The van der Waals surface area contributed by atoms with Crippen LogP contribution < -0.4 is 0 Å². The van der Waals surface area contributed by atoms with Crippen molar-refractivity contribution in [3.8, 4) is 11.3 Å². The van der Waals surface area contributed by atoms with E-state index >= 15 is 0 Å². The Kier molecular flexibility index (Phi) is 3.08. The Labute approximate surface area is 152 Å². The van der Waals surface area contributed by atoms with Crippen LogP contribution in [-0.2, 0) is 0 Å². The minimum Gasteiger partial charge on any atom is -0.289 e. The molecule has 2 aromatic carbocycles. The first kappa shape index (κ1) is 15.0. The van der Waals surface area contributed by atoms with Crippen molar-refractivity contribution >= 4 is 34.2 Å². The molecule has 0 saturated heterocycles. The van der Waals surface area contributed by atoms with Crippen LogP contribution in [0.25, 0.3) is 22.2 Å². The van der Waals surface area contributed by atoms with Crippen molar-refractivity contribution in [1.82, 2.24) is 14.8 Å². The number of pyridine rings is 1. The quantitative estimate of drug-likeness (QED) is 0.424. The highest BCUT2D eigenvalue weighted by molar-refractivity contribution is 6.33. The number of ketones is 1. The molecule has 5 nitrogen and oxygen atoms in total. The number of halogens is 1. The van der Waals surface area contributed by atoms with Crippen LogP contribution in [0, 0.1) is 0 Å². The van der Waals surface area contributed by atoms with E-state index in [1.165, 1.54) is 10.9 Å². The summed E-state index contributed by atoms with van der Waals surface area (Å²) in [4.78, 5) is 29.8. The Morgan fingerprint density at radius 2 is 1.69 bits per heavy atom. The van der Waals surface area contributed by atoms with Gasteiger partial charge in [0.25, 0.3) is 5.91 Å². The van der Waals surface area contributed by atoms with Crippen molar-refractivity contribution in [2.24, 2.45) is 0 Å². The van der Waals surface area contributed by atoms with Gasteiger partial charge in [0, 0.05) is 28.3 Å². The number of hydrogen-bond donors (Lipinski definition) is 0. The number of benzene rings is 2. The first-order valence-corrected chi connectivity index (χ1v) is 8.35. The molecule has 6 heteroatoms. The topological polar surface area (TPSA) is 64.8 Å². The van der Waals surface area contributed by atoms with Crippen LogP contribution in [0.2, 0.25) is 5.15 Å². The van der Waals surface area contributed by atoms with Crippen molar-refractivity contribution < 1.29 is 9.59 Å². The fourth-order valence-electron chi connectivity index (χ4n) is 3.39. The van der Waals surface area contributed by atoms with Crippen molar-refractivity contribution in [3.63, 3.8) is 0 Å². The predicted molar refractivity (Wildman–Crippen MR) is 97.6 cm³/mol. The van der Waals surface area contributed by atoms with Crippen LogP contribution in [-0.4, -0.2) is 26.5 Å². The Morgan fingerprint density at radius 1 is 0.923 bits per heavy atom. The molecule has 2 aromatic heterocycles. The molecule has 0 bridgehead atoms. The van der Waals surface area contributed by atoms with Crippen molar-refractivity contribution in [2.75, 3.05) is 0 Å². The lowest BCUT2D eigenvalue weighted by Gasteiger charge is -2.13. The molecule has 0 aliphatic heterocycles. The molecule has 0 spiro atoms. The molecule has 0 N–H and O–H groups in total. The van der Waals surface area contributed by atoms with Gasteiger partial charge in [0.2, 0.25) is 0 Å². The van der Waals surface area contributed by atoms with E-state index in [1.54, 1.807) is 36.4 Å². The Hall–Kier alpha value is -3.31. The van der Waals surface area contributed by atoms with Gasteiger partial charge in [0.15, 0.2) is 5.78 Å². The summed E-state index contributed by atoms with van der Waals surface area (Å²) in [7, 11) is 0. The molecule has 0 atom stereocenters. The number of hydrogen-bond acceptors (Lipinski definition) is 4. The SMILES string of the molecule is O=C1c2ccccc2-c2nn(C(=O)c3cccnc3Cl)c3cccc1c23. The van der Waals surface area contributed by atoms with E-state index in [-0.39, 0.29) is 22.4 Å². The van der Waals surface area contributed by atoms with Crippen molar-refractivity contribution in [3.05, 3.63) is 82.6 Å². The van der Waals surface area contributed by atoms with Crippen LogP contribution in [0.4, 0.5) is 0 Å². The summed E-state index contributed by atoms with van der Waals surface area (Å²) in [6, 6.07) is 15.8. The average molecular weight is 360 g/mol. The van der Waals surface area contributed by atoms with E-state index in [0.29, 0.717) is 27.7 Å². The van der Waals surface area contributed by atoms with E-state index in [9.17, 15) is 9.59 Å². The van der Waals surface area contributed by atoms with Gasteiger partial charge in [-0.3, -0.25) is 9.59 Å². The zero-order chi connectivity index (χ0) is 17.8. The Balaban J connectivity index is 1.84. The largest absolute Gasteiger partial charge is 0.289 e. The molecule has 4 aromatic rings. The van der Waals surface area contributed by atoms with Crippen molar-refractivity contribution in [2.45, 2.75) is 0 Å². The summed E-state index contributed by atoms with van der Waals surface area (Å²) in [6.45, 7) is 0. The summed E-state index contributed by atoms with van der Waals surface area (Å²) < 4.78 is 1.30. The standard InChI is InChI=1S/C20H10ClN3O2/c21-19-14(8-4-10-22-19)20(26)24-15-9-3-7-13-16(15)17(23-24)11-5-1-2-6-12(11)18(13)25/h1-10H. The number of carbonyl (C=O) groups is 2. The van der Waals surface area contributed by atoms with E-state index in [0.717, 1.165) is 5.56 Å². The van der Waals surface area contributed by atoms with Gasteiger partial charge in [0.05, 0.1) is 11.1 Å². The van der Waals surface area contributed by atoms with Crippen LogP contribution in [0.1, 0.15) is 26.3 Å². The molecule has 1 aliphatic rings. The number of rotatable bonds is 1. The number of carbonyl (C=O) groups excluding carboxylic acids is 2. The zero-order valence-electron chi connectivity index (χ0n) is 13.3. The molecule has 0 radical (unpaired) electrons. The lowest BCUT2D eigenvalue weighted by molar-refractivity contribution is 0.0950. The maximum absolute atomic E-state index is 13.0. The fraction of sp³-hybridized carbons (Fsp3) is 0. The van der Waals surface area contributed by atoms with Gasteiger partial charge in [-0.15, -0.1) is 0 Å². The van der Waals surface area contributed by atoms with Gasteiger partial charge in [-0.05, 0) is 18.2 Å². The molecular formula is C20H10ClN3O2. The summed E-state index contributed by atoms with van der Waals surface area (Å²) in [5, 5.41) is 5.34. The first-order valence-electron chi connectivity index (χ1n) is 7.98. The van der Waals surface area contributed by atoms with Gasteiger partial charge in [-0.1, -0.05) is 48.0 Å². The minimum atomic E-state index is -0.386. The van der Waals surface area contributed by atoms with Gasteiger partial charge >= 0.3 is 0 Å². The van der Waals surface area contributed by atoms with Crippen LogP contribution in [0.15, 0.2) is 60.8 Å². The molecule has 0 fully saturated rings. The minimum absolute atomic E-state index is 0.0647. The summed E-state index contributed by atoms with van der Waals surface area (Å²) in [6.07, 6.45) is 1.52. The summed E-state index contributed by atoms with van der Waals surface area (Å²) in [5.74, 6) is -0.451. The van der Waals surface area contributed by atoms with Gasteiger partial charge in [0.1, 0.15) is 10.8 Å². The third kappa shape index (κ3) is 1.92. The molecule has 0 amide bonds. The number of aromatic nitrogens is 3. The third-order valence-corrected chi connectivity index (χ3v) is 4.86. The van der Waals surface area contributed by atoms with Crippen LogP contribution in [0.3, 0.4) is 0 Å². The van der Waals surface area contributed by atoms with E-state index < -0.39 is 0 Å². The highest BCUT2D eigenvalue weighted by Crippen LogP contribution is 2.38. The molecule has 2 heterocycles. The molecule has 1 aliphatic carbocycles. The fourth-order valence-corrected chi connectivity index (χ4v) is 3.59. The summed E-state index contributed by atoms with van der Waals surface area (Å²) in [5.41, 5.74) is 3.32. The summed E-state index contributed by atoms with van der Waals surface area (Å²) >= 11 is 6.08. The van der Waals surface area contributed by atoms with Gasteiger partial charge < -0.3 is 0 Å². The Bertz CT molecular complexity index is 1240. The first-order chi connectivity index (χ1) is 12.7. The normalized spacial score (nSPS) is 12.3. The second-order valence-electron chi connectivity index (χ2n) is 5.98. The predicted octanol–water partition coefficient (Wildman–Crippen LogP) is 3.98. The molecule has 26 heavy (non-hydrogen) atoms. The molecule has 0 saturated carbocycles. The lowest BCUT2D eigenvalue weighted by atomic mass is 9.87. The maximum Gasteiger partial charge on any atom is 0.281 e. The lowest BCUT2D eigenvalue weighted by Crippen LogP contribution is -2.14. The van der Waals surface area contributed by atoms with Crippen LogP contribution in [0.5, 0.6) is 0 Å².